The Hall–Kier alpha value is -3.92. The van der Waals surface area contributed by atoms with Gasteiger partial charge in [0.1, 0.15) is 25.6 Å². The molecular weight excluding hydrogens is 485 g/mol. The quantitative estimate of drug-likeness (QED) is 0.384. The van der Waals surface area contributed by atoms with E-state index in [0.717, 1.165) is 38.7 Å². The number of carbonyl (C=O) groups is 1. The standard InChI is InChI=1S/C26H26FN3O5S/c1-17-4-5-20(19(3)18(17)2)15-28-29-26(31)16-30(22-8-6-21(27)7-9-22)36(32,33)23-10-11-24-25(14-23)35-13-12-34-24/h4-11,14-15H,12-13,16H2,1-3H3,(H,29,31)/b28-15-. The minimum Gasteiger partial charge on any atom is -0.486 e. The normalized spacial score (nSPS) is 13.0. The van der Waals surface area contributed by atoms with Gasteiger partial charge in [0.2, 0.25) is 0 Å². The van der Waals surface area contributed by atoms with Crippen LogP contribution in [0, 0.1) is 26.6 Å². The van der Waals surface area contributed by atoms with E-state index in [1.807, 2.05) is 32.9 Å². The molecule has 0 saturated carbocycles. The summed E-state index contributed by atoms with van der Waals surface area (Å²) in [6.45, 7) is 6.05. The molecule has 1 heterocycles. The Kier molecular flexibility index (Phi) is 7.25. The number of hydrogen-bond acceptors (Lipinski definition) is 6. The molecule has 3 aromatic carbocycles. The molecule has 4 rings (SSSR count). The Morgan fingerprint density at radius 2 is 1.69 bits per heavy atom. The van der Waals surface area contributed by atoms with Crippen molar-refractivity contribution in [3.05, 3.63) is 82.7 Å². The second-order valence-electron chi connectivity index (χ2n) is 8.31. The second kappa shape index (κ2) is 10.4. The number of hydrogen-bond donors (Lipinski definition) is 1. The van der Waals surface area contributed by atoms with Crippen molar-refractivity contribution < 1.29 is 27.1 Å². The van der Waals surface area contributed by atoms with Crippen LogP contribution in [0.25, 0.3) is 0 Å². The van der Waals surface area contributed by atoms with Crippen LogP contribution in [0.15, 0.2) is 64.6 Å². The van der Waals surface area contributed by atoms with Crippen molar-refractivity contribution in [2.75, 3.05) is 24.1 Å². The highest BCUT2D eigenvalue weighted by molar-refractivity contribution is 7.92. The minimum absolute atomic E-state index is 0.0990. The maximum atomic E-state index is 13.6. The highest BCUT2D eigenvalue weighted by Gasteiger charge is 2.29. The van der Waals surface area contributed by atoms with Gasteiger partial charge in [-0.2, -0.15) is 5.10 Å². The van der Waals surface area contributed by atoms with Crippen molar-refractivity contribution in [3.8, 4) is 11.5 Å². The Labute approximate surface area is 209 Å². The molecule has 0 spiro atoms. The van der Waals surface area contributed by atoms with E-state index in [1.165, 1.54) is 36.5 Å². The molecule has 0 aromatic heterocycles. The molecule has 0 bridgehead atoms. The van der Waals surface area contributed by atoms with Gasteiger partial charge in [0.05, 0.1) is 16.8 Å². The maximum Gasteiger partial charge on any atom is 0.264 e. The molecule has 0 unspecified atom stereocenters. The fourth-order valence-electron chi connectivity index (χ4n) is 3.69. The largest absolute Gasteiger partial charge is 0.486 e. The molecule has 1 N–H and O–H groups in total. The molecule has 0 aliphatic carbocycles. The van der Waals surface area contributed by atoms with E-state index in [-0.39, 0.29) is 10.6 Å². The van der Waals surface area contributed by atoms with Crippen molar-refractivity contribution in [1.29, 1.82) is 0 Å². The number of hydrazone groups is 1. The lowest BCUT2D eigenvalue weighted by Gasteiger charge is -2.25. The molecule has 0 fully saturated rings. The van der Waals surface area contributed by atoms with Crippen LogP contribution < -0.4 is 19.2 Å². The lowest BCUT2D eigenvalue weighted by Crippen LogP contribution is -2.39. The number of amides is 1. The van der Waals surface area contributed by atoms with Gasteiger partial charge in [0, 0.05) is 6.07 Å². The first-order valence-corrected chi connectivity index (χ1v) is 12.7. The van der Waals surface area contributed by atoms with Crippen LogP contribution in [0.2, 0.25) is 0 Å². The summed E-state index contributed by atoms with van der Waals surface area (Å²) in [5.41, 5.74) is 6.63. The van der Waals surface area contributed by atoms with Crippen molar-refractivity contribution in [2.45, 2.75) is 25.7 Å². The van der Waals surface area contributed by atoms with E-state index in [2.05, 4.69) is 10.5 Å². The highest BCUT2D eigenvalue weighted by Crippen LogP contribution is 2.34. The second-order valence-corrected chi connectivity index (χ2v) is 10.2. The van der Waals surface area contributed by atoms with Crippen LogP contribution >= 0.6 is 0 Å². The van der Waals surface area contributed by atoms with Gasteiger partial charge in [-0.25, -0.2) is 18.2 Å². The number of rotatable bonds is 7. The van der Waals surface area contributed by atoms with E-state index in [0.29, 0.717) is 24.7 Å². The summed E-state index contributed by atoms with van der Waals surface area (Å²) >= 11 is 0. The van der Waals surface area contributed by atoms with Crippen LogP contribution in [-0.4, -0.2) is 40.3 Å². The zero-order valence-corrected chi connectivity index (χ0v) is 20.9. The van der Waals surface area contributed by atoms with Gasteiger partial charge in [-0.05, 0) is 79.4 Å². The summed E-state index contributed by atoms with van der Waals surface area (Å²) in [6, 6.07) is 12.9. The van der Waals surface area contributed by atoms with E-state index in [1.54, 1.807) is 0 Å². The van der Waals surface area contributed by atoms with E-state index >= 15 is 0 Å². The molecule has 0 saturated heterocycles. The predicted molar refractivity (Wildman–Crippen MR) is 135 cm³/mol. The van der Waals surface area contributed by atoms with Crippen molar-refractivity contribution in [3.63, 3.8) is 0 Å². The van der Waals surface area contributed by atoms with Gasteiger partial charge in [-0.3, -0.25) is 9.10 Å². The first-order chi connectivity index (χ1) is 17.2. The Bertz CT molecular complexity index is 1420. The van der Waals surface area contributed by atoms with Gasteiger partial charge in [-0.15, -0.1) is 0 Å². The Balaban J connectivity index is 1.59. The van der Waals surface area contributed by atoms with Gasteiger partial charge >= 0.3 is 0 Å². The number of nitrogens with one attached hydrogen (secondary N) is 1. The zero-order chi connectivity index (χ0) is 25.9. The van der Waals surface area contributed by atoms with E-state index < -0.39 is 28.3 Å². The fraction of sp³-hybridized carbons (Fsp3) is 0.231. The van der Waals surface area contributed by atoms with E-state index in [4.69, 9.17) is 9.47 Å². The predicted octanol–water partition coefficient (Wildman–Crippen LogP) is 3.87. The van der Waals surface area contributed by atoms with Crippen molar-refractivity contribution >= 4 is 27.8 Å². The molecule has 8 nitrogen and oxygen atoms in total. The smallest absolute Gasteiger partial charge is 0.264 e. The molecule has 1 amide bonds. The van der Waals surface area contributed by atoms with Gasteiger partial charge in [0.25, 0.3) is 15.9 Å². The summed E-state index contributed by atoms with van der Waals surface area (Å²) in [7, 11) is -4.23. The lowest BCUT2D eigenvalue weighted by atomic mass is 10.00. The first kappa shape index (κ1) is 25.2. The third-order valence-electron chi connectivity index (χ3n) is 6.00. The minimum atomic E-state index is -4.23. The molecule has 36 heavy (non-hydrogen) atoms. The van der Waals surface area contributed by atoms with Crippen molar-refractivity contribution in [1.82, 2.24) is 5.43 Å². The molecule has 10 heteroatoms. The molecule has 1 aliphatic heterocycles. The maximum absolute atomic E-state index is 13.6. The number of halogens is 1. The van der Waals surface area contributed by atoms with E-state index in [9.17, 15) is 17.6 Å². The van der Waals surface area contributed by atoms with Crippen LogP contribution in [-0.2, 0) is 14.8 Å². The Morgan fingerprint density at radius 1 is 1.00 bits per heavy atom. The SMILES string of the molecule is Cc1ccc(/C=N\NC(=O)CN(c2ccc(F)cc2)S(=O)(=O)c2ccc3c(c2)OCCO3)c(C)c1C. The average molecular weight is 512 g/mol. The number of sulfonamides is 1. The number of anilines is 1. The number of fused-ring (bicyclic) bond motifs is 1. The summed E-state index contributed by atoms with van der Waals surface area (Å²) in [5.74, 6) is -0.479. The Morgan fingerprint density at radius 3 is 2.42 bits per heavy atom. The van der Waals surface area contributed by atoms with Crippen LogP contribution in [0.5, 0.6) is 11.5 Å². The lowest BCUT2D eigenvalue weighted by molar-refractivity contribution is -0.119. The summed E-state index contributed by atoms with van der Waals surface area (Å²) < 4.78 is 52.5. The average Bonchev–Trinajstić information content (AvgIpc) is 2.87. The molecule has 0 atom stereocenters. The van der Waals surface area contributed by atoms with Crippen molar-refractivity contribution in [2.24, 2.45) is 5.10 Å². The van der Waals surface area contributed by atoms with Gasteiger partial charge in [-0.1, -0.05) is 12.1 Å². The first-order valence-electron chi connectivity index (χ1n) is 11.2. The fourth-order valence-corrected chi connectivity index (χ4v) is 5.13. The van der Waals surface area contributed by atoms with Gasteiger partial charge in [0.15, 0.2) is 11.5 Å². The number of ether oxygens (including phenoxy) is 2. The van der Waals surface area contributed by atoms with Crippen LogP contribution in [0.1, 0.15) is 22.3 Å². The summed E-state index contributed by atoms with van der Waals surface area (Å²) in [5, 5.41) is 4.00. The molecule has 0 radical (unpaired) electrons. The summed E-state index contributed by atoms with van der Waals surface area (Å²) in [6.07, 6.45) is 1.51. The monoisotopic (exact) mass is 511 g/mol. The highest BCUT2D eigenvalue weighted by atomic mass is 32.2. The molecule has 188 valence electrons. The van der Waals surface area contributed by atoms with Crippen LogP contribution in [0.3, 0.4) is 0 Å². The molecule has 1 aliphatic rings. The third kappa shape index (κ3) is 5.33. The number of benzene rings is 3. The summed E-state index contributed by atoms with van der Waals surface area (Å²) in [4.78, 5) is 12.7. The molecule has 3 aromatic rings. The van der Waals surface area contributed by atoms with Crippen LogP contribution in [0.4, 0.5) is 10.1 Å². The number of aryl methyl sites for hydroxylation is 1. The molecular formula is C26H26FN3O5S. The topological polar surface area (TPSA) is 97.3 Å². The third-order valence-corrected chi connectivity index (χ3v) is 7.77. The number of carbonyl (C=O) groups excluding carboxylic acids is 1. The number of nitrogens with zero attached hydrogens (tertiary/aromatic N) is 2. The van der Waals surface area contributed by atoms with Gasteiger partial charge < -0.3 is 9.47 Å². The zero-order valence-electron chi connectivity index (χ0n) is 20.1.